The van der Waals surface area contributed by atoms with Crippen molar-refractivity contribution in [3.8, 4) is 0 Å². The van der Waals surface area contributed by atoms with E-state index in [4.69, 9.17) is 0 Å². The highest BCUT2D eigenvalue weighted by atomic mass is 79.9. The first-order valence-electron chi connectivity index (χ1n) is 5.11. The van der Waals surface area contributed by atoms with E-state index in [9.17, 15) is 0 Å². The van der Waals surface area contributed by atoms with E-state index in [1.807, 2.05) is 18.3 Å². The third-order valence-corrected chi connectivity index (χ3v) is 3.90. The summed E-state index contributed by atoms with van der Waals surface area (Å²) in [7, 11) is 0. The van der Waals surface area contributed by atoms with Crippen LogP contribution in [0.25, 0.3) is 0 Å². The van der Waals surface area contributed by atoms with E-state index in [0.29, 0.717) is 4.83 Å². The topological polar surface area (TPSA) is 16.1 Å². The van der Waals surface area contributed by atoms with Gasteiger partial charge in [0.05, 0.1) is 0 Å². The molecule has 2 rings (SSSR count). The zero-order chi connectivity index (χ0) is 9.97. The highest BCUT2D eigenvalue weighted by Crippen LogP contribution is 2.28. The SMILES string of the molecule is CCC1CN(c2ccccn2)CC1Br. The Balaban J connectivity index is 2.09. The number of halogens is 1. The minimum atomic E-state index is 0.620. The van der Waals surface area contributed by atoms with E-state index in [1.165, 1.54) is 6.42 Å². The molecule has 1 aromatic heterocycles. The Hall–Kier alpha value is -0.570. The molecule has 0 spiro atoms. The maximum Gasteiger partial charge on any atom is 0.128 e. The van der Waals surface area contributed by atoms with Crippen LogP contribution in [0.2, 0.25) is 0 Å². The van der Waals surface area contributed by atoms with Gasteiger partial charge >= 0.3 is 0 Å². The van der Waals surface area contributed by atoms with Crippen LogP contribution in [0.15, 0.2) is 24.4 Å². The summed E-state index contributed by atoms with van der Waals surface area (Å²) in [6.45, 7) is 4.46. The van der Waals surface area contributed by atoms with E-state index in [0.717, 1.165) is 24.8 Å². The first kappa shape index (κ1) is 9.97. The quantitative estimate of drug-likeness (QED) is 0.755. The lowest BCUT2D eigenvalue weighted by Gasteiger charge is -2.16. The predicted molar refractivity (Wildman–Crippen MR) is 62.9 cm³/mol. The predicted octanol–water partition coefficient (Wildman–Crippen LogP) is 2.69. The molecule has 0 aliphatic carbocycles. The summed E-state index contributed by atoms with van der Waals surface area (Å²) in [6, 6.07) is 6.09. The molecule has 0 bridgehead atoms. The minimum absolute atomic E-state index is 0.620. The van der Waals surface area contributed by atoms with Crippen molar-refractivity contribution in [3.63, 3.8) is 0 Å². The second-order valence-electron chi connectivity index (χ2n) is 3.78. The van der Waals surface area contributed by atoms with Gasteiger partial charge in [0.15, 0.2) is 0 Å². The van der Waals surface area contributed by atoms with Gasteiger partial charge < -0.3 is 4.90 Å². The summed E-state index contributed by atoms with van der Waals surface area (Å²) in [4.78, 5) is 7.34. The van der Waals surface area contributed by atoms with Gasteiger partial charge in [0.25, 0.3) is 0 Å². The van der Waals surface area contributed by atoms with Crippen molar-refractivity contribution in [2.45, 2.75) is 18.2 Å². The van der Waals surface area contributed by atoms with Crippen molar-refractivity contribution in [2.75, 3.05) is 18.0 Å². The summed E-state index contributed by atoms with van der Waals surface area (Å²) in [5.41, 5.74) is 0. The van der Waals surface area contributed by atoms with Gasteiger partial charge in [0.2, 0.25) is 0 Å². The van der Waals surface area contributed by atoms with Crippen LogP contribution >= 0.6 is 15.9 Å². The fourth-order valence-electron chi connectivity index (χ4n) is 1.94. The molecule has 2 heterocycles. The van der Waals surface area contributed by atoms with Gasteiger partial charge in [-0.15, -0.1) is 0 Å². The Bertz CT molecular complexity index is 289. The number of hydrogen-bond acceptors (Lipinski definition) is 2. The minimum Gasteiger partial charge on any atom is -0.355 e. The van der Waals surface area contributed by atoms with E-state index >= 15 is 0 Å². The summed E-state index contributed by atoms with van der Waals surface area (Å²) in [5.74, 6) is 1.87. The second kappa shape index (κ2) is 4.30. The third kappa shape index (κ3) is 1.92. The van der Waals surface area contributed by atoms with Crippen LogP contribution < -0.4 is 4.90 Å². The Kier molecular flexibility index (Phi) is 3.06. The maximum absolute atomic E-state index is 4.37. The molecule has 1 aromatic rings. The lowest BCUT2D eigenvalue weighted by atomic mass is 10.1. The van der Waals surface area contributed by atoms with Crippen molar-refractivity contribution in [2.24, 2.45) is 5.92 Å². The molecule has 14 heavy (non-hydrogen) atoms. The molecule has 1 fully saturated rings. The van der Waals surface area contributed by atoms with Crippen LogP contribution in [0.5, 0.6) is 0 Å². The molecule has 1 aliphatic rings. The normalized spacial score (nSPS) is 26.9. The molecule has 2 unspecified atom stereocenters. The molecule has 1 saturated heterocycles. The van der Waals surface area contributed by atoms with Crippen molar-refractivity contribution >= 4 is 21.7 Å². The van der Waals surface area contributed by atoms with Crippen molar-refractivity contribution < 1.29 is 0 Å². The third-order valence-electron chi connectivity index (χ3n) is 2.86. The Morgan fingerprint density at radius 2 is 2.36 bits per heavy atom. The van der Waals surface area contributed by atoms with Crippen LogP contribution in [-0.2, 0) is 0 Å². The van der Waals surface area contributed by atoms with Crippen LogP contribution in [-0.4, -0.2) is 22.9 Å². The van der Waals surface area contributed by atoms with Gasteiger partial charge in [0, 0.05) is 24.1 Å². The summed E-state index contributed by atoms with van der Waals surface area (Å²) in [6.07, 6.45) is 3.09. The van der Waals surface area contributed by atoms with Crippen molar-refractivity contribution in [3.05, 3.63) is 24.4 Å². The zero-order valence-corrected chi connectivity index (χ0v) is 9.94. The molecular formula is C11H15BrN2. The fourth-order valence-corrected chi connectivity index (χ4v) is 2.83. The van der Waals surface area contributed by atoms with Gasteiger partial charge in [-0.3, -0.25) is 0 Å². The zero-order valence-electron chi connectivity index (χ0n) is 8.36. The van der Waals surface area contributed by atoms with Crippen molar-refractivity contribution in [1.82, 2.24) is 4.98 Å². The van der Waals surface area contributed by atoms with Gasteiger partial charge in [0.1, 0.15) is 5.82 Å². The Morgan fingerprint density at radius 3 is 2.93 bits per heavy atom. The molecule has 76 valence electrons. The molecule has 1 aliphatic heterocycles. The number of pyridine rings is 1. The summed E-state index contributed by atoms with van der Waals surface area (Å²) in [5, 5.41) is 0. The summed E-state index contributed by atoms with van der Waals surface area (Å²) >= 11 is 3.73. The summed E-state index contributed by atoms with van der Waals surface area (Å²) < 4.78 is 0. The van der Waals surface area contributed by atoms with Crippen molar-refractivity contribution in [1.29, 1.82) is 0 Å². The highest BCUT2D eigenvalue weighted by Gasteiger charge is 2.29. The van der Waals surface area contributed by atoms with Crippen LogP contribution in [0.4, 0.5) is 5.82 Å². The average Bonchev–Trinajstić information content (AvgIpc) is 2.61. The second-order valence-corrected chi connectivity index (χ2v) is 4.95. The van der Waals surface area contributed by atoms with Crippen LogP contribution in [0.3, 0.4) is 0 Å². The molecule has 0 radical (unpaired) electrons. The Labute approximate surface area is 93.5 Å². The van der Waals surface area contributed by atoms with Gasteiger partial charge in [-0.05, 0) is 18.1 Å². The number of hydrogen-bond donors (Lipinski definition) is 0. The van der Waals surface area contributed by atoms with Gasteiger partial charge in [-0.2, -0.15) is 0 Å². The number of alkyl halides is 1. The molecule has 0 amide bonds. The molecular weight excluding hydrogens is 240 g/mol. The maximum atomic E-state index is 4.37. The number of nitrogens with zero attached hydrogens (tertiary/aromatic N) is 2. The standard InChI is InChI=1S/C11H15BrN2/c1-2-9-7-14(8-10(9)12)11-5-3-4-6-13-11/h3-6,9-10H,2,7-8H2,1H3. The number of rotatable bonds is 2. The van der Waals surface area contributed by atoms with E-state index in [-0.39, 0.29) is 0 Å². The molecule has 0 aromatic carbocycles. The Morgan fingerprint density at radius 1 is 1.50 bits per heavy atom. The molecule has 2 atom stereocenters. The van der Waals surface area contributed by atoms with Crippen LogP contribution in [0, 0.1) is 5.92 Å². The largest absolute Gasteiger partial charge is 0.355 e. The van der Waals surface area contributed by atoms with Gasteiger partial charge in [-0.1, -0.05) is 35.3 Å². The van der Waals surface area contributed by atoms with Gasteiger partial charge in [-0.25, -0.2) is 4.98 Å². The number of anilines is 1. The van der Waals surface area contributed by atoms with E-state index < -0.39 is 0 Å². The molecule has 2 nitrogen and oxygen atoms in total. The smallest absolute Gasteiger partial charge is 0.128 e. The van der Waals surface area contributed by atoms with E-state index in [2.05, 4.69) is 38.8 Å². The molecule has 0 saturated carbocycles. The molecule has 0 N–H and O–H groups in total. The number of aromatic nitrogens is 1. The van der Waals surface area contributed by atoms with Crippen LogP contribution in [0.1, 0.15) is 13.3 Å². The first-order chi connectivity index (χ1) is 6.81. The fraction of sp³-hybridized carbons (Fsp3) is 0.545. The average molecular weight is 255 g/mol. The van der Waals surface area contributed by atoms with E-state index in [1.54, 1.807) is 0 Å². The highest BCUT2D eigenvalue weighted by molar-refractivity contribution is 9.09. The lowest BCUT2D eigenvalue weighted by molar-refractivity contribution is 0.585. The first-order valence-corrected chi connectivity index (χ1v) is 6.03. The monoisotopic (exact) mass is 254 g/mol. The lowest BCUT2D eigenvalue weighted by Crippen LogP contribution is -2.20. The molecule has 3 heteroatoms.